The Kier molecular flexibility index (Phi) is 28.4. The summed E-state index contributed by atoms with van der Waals surface area (Å²) >= 11 is 1.89. The predicted molar refractivity (Wildman–Crippen MR) is 514 cm³/mol. The highest BCUT2D eigenvalue weighted by atomic mass is 32.2. The lowest BCUT2D eigenvalue weighted by Gasteiger charge is -2.47. The van der Waals surface area contributed by atoms with Crippen molar-refractivity contribution in [3.63, 3.8) is 0 Å². The number of thioether (sulfide) groups is 1. The van der Waals surface area contributed by atoms with Gasteiger partial charge < -0.3 is 63.6 Å². The van der Waals surface area contributed by atoms with Crippen LogP contribution in [0.1, 0.15) is 125 Å². The van der Waals surface area contributed by atoms with Gasteiger partial charge in [-0.05, 0) is 301 Å². The van der Waals surface area contributed by atoms with Gasteiger partial charge in [-0.3, -0.25) is 0 Å². The number of rotatable bonds is 38. The Balaban J connectivity index is 0.773. The second kappa shape index (κ2) is 34.6. The molecule has 6 aromatic rings. The highest BCUT2D eigenvalue weighted by molar-refractivity contribution is 8.01. The Bertz CT molecular complexity index is 4480. The molecule has 1 atom stereocenters. The molecule has 0 saturated heterocycles. The summed E-state index contributed by atoms with van der Waals surface area (Å²) in [5.41, 5.74) is 11.8. The van der Waals surface area contributed by atoms with Crippen molar-refractivity contribution < 1.29 is 63.6 Å². The molecule has 640 valence electrons. The number of ether oxygens (including phenoxy) is 3. The smallest absolute Gasteiger partial charge is 0.314 e. The lowest BCUT2D eigenvalue weighted by Crippen LogP contribution is -2.63. The van der Waals surface area contributed by atoms with Crippen molar-refractivity contribution in [1.82, 2.24) is 0 Å². The summed E-state index contributed by atoms with van der Waals surface area (Å²) in [6.45, 7) is 73.6. The van der Waals surface area contributed by atoms with E-state index in [1.165, 1.54) is 74.9 Å². The van der Waals surface area contributed by atoms with Crippen molar-refractivity contribution in [1.29, 1.82) is 0 Å². The topological polar surface area (TPSA) is 138 Å². The maximum absolute atomic E-state index is 8.10. The molecule has 2 heterocycles. The van der Waals surface area contributed by atoms with E-state index < -0.39 is 121 Å². The molecular formula is C87H144O15SSi13. The van der Waals surface area contributed by atoms with Gasteiger partial charge in [-0.1, -0.05) is 170 Å². The molecule has 0 amide bonds. The third kappa shape index (κ3) is 22.8. The van der Waals surface area contributed by atoms with Crippen LogP contribution in [-0.4, -0.2) is 123 Å². The molecule has 1 saturated carbocycles. The molecule has 6 aromatic carbocycles. The van der Waals surface area contributed by atoms with Gasteiger partial charge in [0, 0.05) is 39.3 Å². The van der Waals surface area contributed by atoms with E-state index in [4.69, 9.17) is 63.6 Å². The zero-order valence-corrected chi connectivity index (χ0v) is 90.9. The van der Waals surface area contributed by atoms with E-state index in [1.54, 1.807) is 7.11 Å². The highest BCUT2D eigenvalue weighted by Gasteiger charge is 2.56. The minimum absolute atomic E-state index is 0.159. The number of hydrogen-bond donors (Lipinski definition) is 0. The van der Waals surface area contributed by atoms with Crippen molar-refractivity contribution >= 4 is 145 Å². The number of benzene rings is 6. The summed E-state index contributed by atoms with van der Waals surface area (Å²) in [5.74, 6) is 3.28. The molecule has 1 spiro atoms. The standard InChI is InChI=1S/C87H144O15SSi13/c1-35-68-42-44-69(45-43-68)55-62-104(9,10)91-106(13,14)93-108(17,18)95-110(21,22)97-112(25,26)99-114(29,30)101-116(33,34)102-115(31,32)100-113(27,28)98-111(23,24)96-109(19,20)94-107(15,16)92-105(11,12)63-56-70-46-48-71(49-47-70)86(72-50-52-73(88-8)53-51-72)57-54-75-82-81(74-40-38-39-41-78(74)85(82)60-58-84(36-2,37-3)59-61-85)76-64-79-80(65-77(76)83(75)90-86)103-87(89-79,66(4)5)67(6)7/h35,38-54,57,64-67H,1,36-37,55-56,58-63H2,2-34H3. The fourth-order valence-corrected chi connectivity index (χ4v) is 87.9. The first-order chi connectivity index (χ1) is 53.2. The van der Waals surface area contributed by atoms with E-state index in [9.17, 15) is 0 Å². The zero-order valence-electron chi connectivity index (χ0n) is 77.1. The Morgan fingerprint density at radius 2 is 0.828 bits per heavy atom. The molecule has 1 unspecified atom stereocenters. The van der Waals surface area contributed by atoms with E-state index in [-0.39, 0.29) is 17.3 Å². The van der Waals surface area contributed by atoms with Crippen LogP contribution in [0.5, 0.6) is 17.2 Å². The molecule has 4 aliphatic rings. The van der Waals surface area contributed by atoms with E-state index in [0.29, 0.717) is 5.41 Å². The van der Waals surface area contributed by atoms with Gasteiger partial charge in [0.2, 0.25) is 0 Å². The van der Waals surface area contributed by atoms with Gasteiger partial charge in [0.1, 0.15) is 17.2 Å². The fraction of sp³-hybridized carbons (Fsp3) is 0.563. The molecule has 15 nitrogen and oxygen atoms in total. The molecule has 29 heteroatoms. The molecule has 0 aromatic heterocycles. The van der Waals surface area contributed by atoms with E-state index in [0.717, 1.165) is 77.1 Å². The monoisotopic (exact) mass is 1820 g/mol. The Hall–Kier alpha value is -2.85. The van der Waals surface area contributed by atoms with Gasteiger partial charge in [0.15, 0.2) is 27.2 Å². The summed E-state index contributed by atoms with van der Waals surface area (Å²) in [6.07, 6.45) is 15.5. The molecule has 116 heavy (non-hydrogen) atoms. The summed E-state index contributed by atoms with van der Waals surface area (Å²) in [7, 11) is -33.6. The number of methoxy groups -OCH3 is 1. The second-order valence-corrected chi connectivity index (χ2v) is 90.0. The first kappa shape index (κ1) is 95.4. The molecule has 1 fully saturated rings. The molecule has 10 rings (SSSR count). The Labute approximate surface area is 718 Å². The minimum Gasteiger partial charge on any atom is -0.497 e. The van der Waals surface area contributed by atoms with Crippen LogP contribution in [0.25, 0.3) is 34.1 Å². The number of fused-ring (bicyclic) bond motifs is 11. The van der Waals surface area contributed by atoms with Gasteiger partial charge in [-0.2, -0.15) is 0 Å². The van der Waals surface area contributed by atoms with Gasteiger partial charge in [-0.15, -0.1) is 0 Å². The lowest BCUT2D eigenvalue weighted by atomic mass is 9.58. The van der Waals surface area contributed by atoms with Crippen LogP contribution in [0.2, 0.25) is 182 Å². The third-order valence-corrected chi connectivity index (χ3v) is 75.7. The van der Waals surface area contributed by atoms with E-state index >= 15 is 0 Å². The normalized spacial score (nSPS) is 18.2. The maximum Gasteiger partial charge on any atom is 0.314 e. The lowest BCUT2D eigenvalue weighted by molar-refractivity contribution is 0.0757. The van der Waals surface area contributed by atoms with Crippen LogP contribution in [0.4, 0.5) is 0 Å². The van der Waals surface area contributed by atoms with Crippen LogP contribution < -0.4 is 14.2 Å². The van der Waals surface area contributed by atoms with E-state index in [2.05, 4.69) is 340 Å². The van der Waals surface area contributed by atoms with Gasteiger partial charge in [0.05, 0.1) is 12.0 Å². The van der Waals surface area contributed by atoms with Gasteiger partial charge in [0.25, 0.3) is 0 Å². The van der Waals surface area contributed by atoms with Gasteiger partial charge >= 0.3 is 94.2 Å². The molecule has 0 N–H and O–H groups in total. The van der Waals surface area contributed by atoms with Crippen molar-refractivity contribution in [3.05, 3.63) is 166 Å². The Morgan fingerprint density at radius 1 is 0.448 bits per heavy atom. The first-order valence-electron chi connectivity index (χ1n) is 42.6. The largest absolute Gasteiger partial charge is 0.497 e. The van der Waals surface area contributed by atoms with Crippen molar-refractivity contribution in [2.45, 2.75) is 296 Å². The third-order valence-electron chi connectivity index (χ3n) is 23.2. The Morgan fingerprint density at radius 3 is 1.21 bits per heavy atom. The van der Waals surface area contributed by atoms with Crippen molar-refractivity contribution in [3.8, 4) is 28.4 Å². The summed E-state index contributed by atoms with van der Waals surface area (Å²) in [5, 5.41) is 2.33. The van der Waals surface area contributed by atoms with Crippen LogP contribution in [0.3, 0.4) is 0 Å². The van der Waals surface area contributed by atoms with Crippen LogP contribution >= 0.6 is 11.8 Å². The second-order valence-electron chi connectivity index (χ2n) is 40.1. The van der Waals surface area contributed by atoms with Crippen molar-refractivity contribution in [2.75, 3.05) is 7.11 Å². The molecule has 0 bridgehead atoms. The SMILES string of the molecule is C=Cc1ccc(CC[Si](C)(C)O[Si](C)(C)O[Si](C)(C)O[Si](C)(C)O[Si](C)(C)O[Si](C)(C)O[Si](C)(C)O[Si](C)(C)O[Si](C)(C)O[Si](C)(C)O[Si](C)(C)O[Si](C)(C)O[Si](C)(C)CCc2ccc(C3(c4ccc(OC)cc4)C=Cc4c5c(c6cc7c(cc6c4O3)SC(C(C)C)(C(C)C)O7)-c3ccccc3C53CCC(CC)(CC)CC3)cc2)cc1. The quantitative estimate of drug-likeness (QED) is 0.0339. The fourth-order valence-electron chi connectivity index (χ4n) is 20.0. The summed E-state index contributed by atoms with van der Waals surface area (Å²) in [4.78, 5) is 0.772. The molecule has 2 aliphatic heterocycles. The maximum atomic E-state index is 8.10. The molecular weight excluding hydrogens is 1680 g/mol. The van der Waals surface area contributed by atoms with Gasteiger partial charge in [-0.25, -0.2) is 0 Å². The average Bonchev–Trinajstić information content (AvgIpc) is 1.50. The highest BCUT2D eigenvalue weighted by Crippen LogP contribution is 2.66. The number of hydrogen-bond acceptors (Lipinski definition) is 16. The zero-order chi connectivity index (χ0) is 86.1. The number of aryl methyl sites for hydroxylation is 2. The first-order valence-corrected chi connectivity index (χ1v) is 80.7. The predicted octanol–water partition coefficient (Wildman–Crippen LogP) is 26.1. The van der Waals surface area contributed by atoms with E-state index in [1.807, 2.05) is 17.8 Å². The van der Waals surface area contributed by atoms with Crippen LogP contribution in [-0.2, 0) is 73.2 Å². The van der Waals surface area contributed by atoms with Crippen LogP contribution in [0, 0.1) is 17.3 Å². The van der Waals surface area contributed by atoms with Crippen molar-refractivity contribution in [2.24, 2.45) is 17.3 Å². The molecule has 2 aliphatic carbocycles. The summed E-state index contributed by atoms with van der Waals surface area (Å²) < 4.78 is 106. The average molecular weight is 1830 g/mol. The minimum atomic E-state index is -2.89. The van der Waals surface area contributed by atoms with Crippen LogP contribution in [0.15, 0.2) is 127 Å². The molecule has 0 radical (unpaired) electrons. The summed E-state index contributed by atoms with van der Waals surface area (Å²) in [6, 6.07) is 42.4.